The van der Waals surface area contributed by atoms with Crippen molar-refractivity contribution < 1.29 is 9.84 Å². The first-order valence-electron chi connectivity index (χ1n) is 10.0. The van der Waals surface area contributed by atoms with Crippen LogP contribution in [0.5, 0.6) is 11.6 Å². The topological polar surface area (TPSA) is 56.4 Å². The van der Waals surface area contributed by atoms with Gasteiger partial charge < -0.3 is 9.84 Å². The molecule has 30 heavy (non-hydrogen) atoms. The Bertz CT molecular complexity index is 1060. The summed E-state index contributed by atoms with van der Waals surface area (Å²) < 4.78 is 8.27. The van der Waals surface area contributed by atoms with E-state index < -0.39 is 0 Å². The van der Waals surface area contributed by atoms with Crippen molar-refractivity contribution in [2.24, 2.45) is 0 Å². The fraction of sp³-hybridized carbons (Fsp3) is 0.348. The van der Waals surface area contributed by atoms with E-state index in [-0.39, 0.29) is 18.1 Å². The quantitative estimate of drug-likeness (QED) is 0.482. The van der Waals surface area contributed by atoms with E-state index in [4.69, 9.17) is 27.9 Å². The van der Waals surface area contributed by atoms with E-state index >= 15 is 0 Å². The van der Waals surface area contributed by atoms with Gasteiger partial charge in [0.05, 0.1) is 29.4 Å². The Kier molecular flexibility index (Phi) is 7.51. The molecule has 1 aromatic heterocycles. The van der Waals surface area contributed by atoms with E-state index in [0.29, 0.717) is 28.7 Å². The molecule has 0 aliphatic rings. The predicted octanol–water partition coefficient (Wildman–Crippen LogP) is 5.30. The minimum atomic E-state index is -0.208. The van der Waals surface area contributed by atoms with Gasteiger partial charge in [-0.25, -0.2) is 4.79 Å². The Morgan fingerprint density at radius 1 is 0.967 bits per heavy atom. The largest absolute Gasteiger partial charge is 0.497 e. The maximum atomic E-state index is 13.0. The molecule has 7 heteroatoms. The van der Waals surface area contributed by atoms with Crippen LogP contribution < -0.4 is 10.4 Å². The van der Waals surface area contributed by atoms with Crippen LogP contribution in [-0.4, -0.2) is 21.4 Å². The van der Waals surface area contributed by atoms with Gasteiger partial charge >= 0.3 is 5.69 Å². The molecule has 2 aromatic carbocycles. The highest BCUT2D eigenvalue weighted by Crippen LogP contribution is 2.25. The summed E-state index contributed by atoms with van der Waals surface area (Å²) in [7, 11) is 1.65. The van der Waals surface area contributed by atoms with Gasteiger partial charge in [0, 0.05) is 6.54 Å². The number of hydrogen-bond acceptors (Lipinski definition) is 3. The molecule has 160 valence electrons. The second-order valence-corrected chi connectivity index (χ2v) is 8.06. The van der Waals surface area contributed by atoms with Crippen LogP contribution in [0.4, 0.5) is 0 Å². The Morgan fingerprint density at radius 2 is 1.67 bits per heavy atom. The van der Waals surface area contributed by atoms with Crippen molar-refractivity contribution in [1.29, 1.82) is 0 Å². The zero-order valence-electron chi connectivity index (χ0n) is 17.2. The van der Waals surface area contributed by atoms with Gasteiger partial charge in [-0.1, -0.05) is 48.3 Å². The summed E-state index contributed by atoms with van der Waals surface area (Å²) in [6.07, 6.45) is 3.09. The van der Waals surface area contributed by atoms with E-state index in [0.717, 1.165) is 30.6 Å². The molecule has 1 heterocycles. The molecule has 0 spiro atoms. The van der Waals surface area contributed by atoms with Gasteiger partial charge in [0.1, 0.15) is 5.75 Å². The van der Waals surface area contributed by atoms with Gasteiger partial charge in [-0.3, -0.25) is 9.13 Å². The molecule has 0 saturated heterocycles. The van der Waals surface area contributed by atoms with E-state index in [2.05, 4.69) is 0 Å². The molecule has 0 unspecified atom stereocenters. The highest BCUT2D eigenvalue weighted by molar-refractivity contribution is 6.42. The second kappa shape index (κ2) is 10.1. The molecular formula is C23H26Cl2N2O3. The van der Waals surface area contributed by atoms with Crippen molar-refractivity contribution >= 4 is 23.2 Å². The molecule has 0 aliphatic heterocycles. The number of aryl methyl sites for hydroxylation is 1. The number of benzene rings is 2. The average Bonchev–Trinajstić information content (AvgIpc) is 2.96. The average molecular weight is 449 g/mol. The number of aromatic nitrogens is 2. The number of hydrogen-bond donors (Lipinski definition) is 1. The van der Waals surface area contributed by atoms with Gasteiger partial charge in [0.2, 0.25) is 5.88 Å². The Morgan fingerprint density at radius 3 is 2.30 bits per heavy atom. The molecule has 0 bridgehead atoms. The molecule has 5 nitrogen and oxygen atoms in total. The van der Waals surface area contributed by atoms with Crippen LogP contribution >= 0.6 is 23.2 Å². The van der Waals surface area contributed by atoms with E-state index in [9.17, 15) is 9.90 Å². The second-order valence-electron chi connectivity index (χ2n) is 7.24. The number of nitrogens with zero attached hydrogens (tertiary/aromatic N) is 2. The molecule has 0 aliphatic carbocycles. The first kappa shape index (κ1) is 22.3. The lowest BCUT2D eigenvalue weighted by atomic mass is 10.1. The summed E-state index contributed by atoms with van der Waals surface area (Å²) in [4.78, 5) is 13.0. The zero-order chi connectivity index (χ0) is 21.7. The summed E-state index contributed by atoms with van der Waals surface area (Å²) in [5.41, 5.74) is 2.46. The van der Waals surface area contributed by atoms with Crippen LogP contribution in [0.25, 0.3) is 0 Å². The molecule has 3 aromatic rings. The van der Waals surface area contributed by atoms with E-state index in [1.165, 1.54) is 10.1 Å². The van der Waals surface area contributed by atoms with Crippen molar-refractivity contribution in [1.82, 2.24) is 9.13 Å². The zero-order valence-corrected chi connectivity index (χ0v) is 18.7. The summed E-state index contributed by atoms with van der Waals surface area (Å²) in [6, 6.07) is 13.2. The SMILES string of the molecule is CCCn1c(CCCc2ccc(OC)cc2)c(O)n(Cc2ccc(Cl)c(Cl)c2)c1=O. The van der Waals surface area contributed by atoms with Gasteiger partial charge in [0.25, 0.3) is 0 Å². The molecule has 1 N–H and O–H groups in total. The highest BCUT2D eigenvalue weighted by atomic mass is 35.5. The Balaban J connectivity index is 1.79. The number of halogens is 2. The maximum Gasteiger partial charge on any atom is 0.331 e. The third-order valence-electron chi connectivity index (χ3n) is 5.11. The maximum absolute atomic E-state index is 13.0. The fourth-order valence-corrected chi connectivity index (χ4v) is 3.87. The predicted molar refractivity (Wildman–Crippen MR) is 121 cm³/mol. The Hall–Kier alpha value is -2.37. The Labute approximate surface area is 186 Å². The van der Waals surface area contributed by atoms with Crippen LogP contribution in [-0.2, 0) is 25.9 Å². The third kappa shape index (κ3) is 5.02. The third-order valence-corrected chi connectivity index (χ3v) is 5.85. The smallest absolute Gasteiger partial charge is 0.331 e. The minimum absolute atomic E-state index is 0.0225. The van der Waals surface area contributed by atoms with Crippen LogP contribution in [0.1, 0.15) is 36.6 Å². The lowest BCUT2D eigenvalue weighted by Crippen LogP contribution is -2.25. The fourth-order valence-electron chi connectivity index (χ4n) is 3.54. The number of aromatic hydroxyl groups is 1. The lowest BCUT2D eigenvalue weighted by molar-refractivity contribution is 0.414. The number of methoxy groups -OCH3 is 1. The number of rotatable bonds is 9. The summed E-state index contributed by atoms with van der Waals surface area (Å²) in [5, 5.41) is 11.7. The molecular weight excluding hydrogens is 423 g/mol. The van der Waals surface area contributed by atoms with Crippen LogP contribution in [0.15, 0.2) is 47.3 Å². The lowest BCUT2D eigenvalue weighted by Gasteiger charge is -2.07. The first-order valence-corrected chi connectivity index (χ1v) is 10.8. The summed E-state index contributed by atoms with van der Waals surface area (Å²) in [5.74, 6) is 0.849. The highest BCUT2D eigenvalue weighted by Gasteiger charge is 2.19. The van der Waals surface area contributed by atoms with Crippen molar-refractivity contribution in [2.45, 2.75) is 45.7 Å². The minimum Gasteiger partial charge on any atom is -0.497 e. The summed E-state index contributed by atoms with van der Waals surface area (Å²) in [6.45, 7) is 2.82. The van der Waals surface area contributed by atoms with Gasteiger partial charge in [0.15, 0.2) is 0 Å². The van der Waals surface area contributed by atoms with Gasteiger partial charge in [-0.2, -0.15) is 0 Å². The monoisotopic (exact) mass is 448 g/mol. The number of imidazole rings is 1. The van der Waals surface area contributed by atoms with Crippen molar-refractivity contribution in [3.8, 4) is 11.6 Å². The van der Waals surface area contributed by atoms with Crippen molar-refractivity contribution in [3.05, 3.63) is 79.8 Å². The summed E-state index contributed by atoms with van der Waals surface area (Å²) >= 11 is 12.1. The molecule has 0 amide bonds. The van der Waals surface area contributed by atoms with Crippen LogP contribution in [0.2, 0.25) is 10.0 Å². The normalized spacial score (nSPS) is 11.1. The van der Waals surface area contributed by atoms with Crippen LogP contribution in [0, 0.1) is 0 Å². The number of ether oxygens (including phenoxy) is 1. The molecule has 0 saturated carbocycles. The molecule has 0 radical (unpaired) electrons. The van der Waals surface area contributed by atoms with E-state index in [1.54, 1.807) is 29.9 Å². The first-order chi connectivity index (χ1) is 14.4. The molecule has 0 atom stereocenters. The van der Waals surface area contributed by atoms with Gasteiger partial charge in [-0.05, 0) is 61.1 Å². The van der Waals surface area contributed by atoms with Crippen molar-refractivity contribution in [3.63, 3.8) is 0 Å². The van der Waals surface area contributed by atoms with E-state index in [1.807, 2.05) is 31.2 Å². The van der Waals surface area contributed by atoms with Crippen molar-refractivity contribution in [2.75, 3.05) is 7.11 Å². The standard InChI is InChI=1S/C23H26Cl2N2O3/c1-3-13-26-21(6-4-5-16-7-10-18(30-2)11-8-16)22(28)27(23(26)29)15-17-9-12-19(24)20(25)14-17/h7-12,14,28H,3-6,13,15H2,1-2H3. The van der Waals surface area contributed by atoms with Crippen LogP contribution in [0.3, 0.4) is 0 Å². The molecule has 0 fully saturated rings. The molecule has 3 rings (SSSR count). The van der Waals surface area contributed by atoms with Gasteiger partial charge in [-0.15, -0.1) is 0 Å².